The number of hydrogen-bond acceptors (Lipinski definition) is 5. The summed E-state index contributed by atoms with van der Waals surface area (Å²) >= 11 is 0. The van der Waals surface area contributed by atoms with Gasteiger partial charge in [-0.15, -0.1) is 0 Å². The first-order valence-electron chi connectivity index (χ1n) is 9.97. The molecule has 0 N–H and O–H groups in total. The zero-order valence-electron chi connectivity index (χ0n) is 16.2. The number of carbonyl (C=O) groups is 1. The second kappa shape index (κ2) is 8.12. The van der Waals surface area contributed by atoms with Crippen LogP contribution >= 0.6 is 0 Å². The Balaban J connectivity index is 1.41. The van der Waals surface area contributed by atoms with E-state index < -0.39 is 0 Å². The minimum Gasteiger partial charge on any atom is -0.368 e. The number of benzene rings is 1. The van der Waals surface area contributed by atoms with Crippen LogP contribution in [0.3, 0.4) is 0 Å². The van der Waals surface area contributed by atoms with E-state index in [9.17, 15) is 9.18 Å². The van der Waals surface area contributed by atoms with Crippen molar-refractivity contribution >= 4 is 17.4 Å². The van der Waals surface area contributed by atoms with Crippen LogP contribution in [-0.4, -0.2) is 60.0 Å². The van der Waals surface area contributed by atoms with Gasteiger partial charge in [0.25, 0.3) is 5.91 Å². The van der Waals surface area contributed by atoms with Gasteiger partial charge in [0, 0.05) is 51.0 Å². The summed E-state index contributed by atoms with van der Waals surface area (Å²) in [7, 11) is 0. The molecule has 0 bridgehead atoms. The van der Waals surface area contributed by atoms with Crippen LogP contribution in [0, 0.1) is 11.7 Å². The highest BCUT2D eigenvalue weighted by atomic mass is 19.1. The number of aromatic nitrogens is 2. The van der Waals surface area contributed by atoms with Crippen molar-refractivity contribution in [3.63, 3.8) is 0 Å². The Bertz CT molecular complexity index is 820. The van der Waals surface area contributed by atoms with Gasteiger partial charge >= 0.3 is 0 Å². The van der Waals surface area contributed by atoms with Crippen molar-refractivity contribution in [1.29, 1.82) is 0 Å². The van der Waals surface area contributed by atoms with Gasteiger partial charge < -0.3 is 14.7 Å². The lowest BCUT2D eigenvalue weighted by Gasteiger charge is -2.36. The molecule has 3 heterocycles. The SMILES string of the molecule is CC1CCCN(C(=O)c2cc(N3CCN(c4ccc(F)cc4)CC3)ncn2)C1. The number of piperidine rings is 1. The third kappa shape index (κ3) is 4.08. The smallest absolute Gasteiger partial charge is 0.272 e. The van der Waals surface area contributed by atoms with E-state index in [1.165, 1.54) is 24.9 Å². The van der Waals surface area contributed by atoms with Gasteiger partial charge in [0.15, 0.2) is 0 Å². The van der Waals surface area contributed by atoms with Crippen LogP contribution in [0.4, 0.5) is 15.9 Å². The van der Waals surface area contributed by atoms with Crippen molar-refractivity contribution in [2.75, 3.05) is 49.1 Å². The van der Waals surface area contributed by atoms with Crippen LogP contribution in [0.2, 0.25) is 0 Å². The fourth-order valence-electron chi connectivity index (χ4n) is 4.02. The van der Waals surface area contributed by atoms with Gasteiger partial charge in [0.2, 0.25) is 0 Å². The predicted octanol–water partition coefficient (Wildman–Crippen LogP) is 2.81. The summed E-state index contributed by atoms with van der Waals surface area (Å²) < 4.78 is 13.1. The molecule has 1 amide bonds. The zero-order chi connectivity index (χ0) is 19.5. The molecular weight excluding hydrogens is 357 g/mol. The number of hydrogen-bond donors (Lipinski definition) is 0. The van der Waals surface area contributed by atoms with Crippen LogP contribution in [0.5, 0.6) is 0 Å². The molecule has 0 saturated carbocycles. The molecule has 2 aliphatic heterocycles. The summed E-state index contributed by atoms with van der Waals surface area (Å²) in [5.74, 6) is 1.12. The number of likely N-dealkylation sites (tertiary alicyclic amines) is 1. The molecule has 28 heavy (non-hydrogen) atoms. The molecule has 2 aromatic rings. The Kier molecular flexibility index (Phi) is 5.41. The third-order valence-electron chi connectivity index (χ3n) is 5.61. The Hall–Kier alpha value is -2.70. The largest absolute Gasteiger partial charge is 0.368 e. The van der Waals surface area contributed by atoms with Crippen molar-refractivity contribution in [2.45, 2.75) is 19.8 Å². The minimum atomic E-state index is -0.219. The van der Waals surface area contributed by atoms with Crippen molar-refractivity contribution < 1.29 is 9.18 Å². The highest BCUT2D eigenvalue weighted by Gasteiger charge is 2.24. The fraction of sp³-hybridized carbons (Fsp3) is 0.476. The van der Waals surface area contributed by atoms with E-state index >= 15 is 0 Å². The van der Waals surface area contributed by atoms with E-state index in [4.69, 9.17) is 0 Å². The van der Waals surface area contributed by atoms with Crippen molar-refractivity contribution in [2.24, 2.45) is 5.92 Å². The molecule has 1 unspecified atom stereocenters. The second-order valence-corrected chi connectivity index (χ2v) is 7.71. The summed E-state index contributed by atoms with van der Waals surface area (Å²) in [6.45, 7) is 7.02. The molecular formula is C21H26FN5O. The zero-order valence-corrected chi connectivity index (χ0v) is 16.2. The molecule has 6 nitrogen and oxygen atoms in total. The van der Waals surface area contributed by atoms with E-state index in [-0.39, 0.29) is 11.7 Å². The van der Waals surface area contributed by atoms with E-state index in [1.807, 2.05) is 23.1 Å². The molecule has 1 atom stereocenters. The van der Waals surface area contributed by atoms with Gasteiger partial charge in [-0.1, -0.05) is 6.92 Å². The van der Waals surface area contributed by atoms with E-state index in [0.717, 1.165) is 57.2 Å². The molecule has 4 rings (SSSR count). The van der Waals surface area contributed by atoms with Gasteiger partial charge in [0.1, 0.15) is 23.7 Å². The summed E-state index contributed by atoms with van der Waals surface area (Å²) in [6, 6.07) is 8.42. The molecule has 0 aliphatic carbocycles. The molecule has 2 aliphatic rings. The Morgan fingerprint density at radius 3 is 2.46 bits per heavy atom. The number of piperazine rings is 1. The van der Waals surface area contributed by atoms with Gasteiger partial charge in [0.05, 0.1) is 0 Å². The third-order valence-corrected chi connectivity index (χ3v) is 5.61. The van der Waals surface area contributed by atoms with Crippen molar-refractivity contribution in [1.82, 2.24) is 14.9 Å². The monoisotopic (exact) mass is 383 g/mol. The normalized spacial score (nSPS) is 20.4. The molecule has 0 spiro atoms. The topological polar surface area (TPSA) is 52.6 Å². The lowest BCUT2D eigenvalue weighted by atomic mass is 10.00. The summed E-state index contributed by atoms with van der Waals surface area (Å²) in [5.41, 5.74) is 1.50. The maximum Gasteiger partial charge on any atom is 0.272 e. The van der Waals surface area contributed by atoms with Gasteiger partial charge in [-0.2, -0.15) is 0 Å². The first kappa shape index (κ1) is 18.7. The molecule has 1 aromatic heterocycles. The van der Waals surface area contributed by atoms with E-state index in [2.05, 4.69) is 26.7 Å². The average Bonchev–Trinajstić information content (AvgIpc) is 2.74. The maximum absolute atomic E-state index is 13.1. The molecule has 2 saturated heterocycles. The molecule has 1 aromatic carbocycles. The maximum atomic E-state index is 13.1. The highest BCUT2D eigenvalue weighted by molar-refractivity contribution is 5.93. The Labute approximate surface area is 165 Å². The van der Waals surface area contributed by atoms with E-state index in [1.54, 1.807) is 0 Å². The van der Waals surface area contributed by atoms with Crippen LogP contribution < -0.4 is 9.80 Å². The summed E-state index contributed by atoms with van der Waals surface area (Å²) in [5, 5.41) is 0. The van der Waals surface area contributed by atoms with E-state index in [0.29, 0.717) is 11.6 Å². The van der Waals surface area contributed by atoms with Gasteiger partial charge in [-0.25, -0.2) is 14.4 Å². The predicted molar refractivity (Wildman–Crippen MR) is 107 cm³/mol. The minimum absolute atomic E-state index is 0.000137. The first-order valence-corrected chi connectivity index (χ1v) is 9.97. The Morgan fingerprint density at radius 2 is 1.75 bits per heavy atom. The number of amides is 1. The number of anilines is 2. The lowest BCUT2D eigenvalue weighted by molar-refractivity contribution is 0.0677. The summed E-state index contributed by atoms with van der Waals surface area (Å²) in [6.07, 6.45) is 3.72. The molecule has 2 fully saturated rings. The van der Waals surface area contributed by atoms with Crippen LogP contribution in [0.15, 0.2) is 36.7 Å². The molecule has 7 heteroatoms. The fourth-order valence-corrected chi connectivity index (χ4v) is 4.02. The number of carbonyl (C=O) groups excluding carboxylic acids is 1. The van der Waals surface area contributed by atoms with Gasteiger partial charge in [-0.3, -0.25) is 4.79 Å². The van der Waals surface area contributed by atoms with Crippen molar-refractivity contribution in [3.8, 4) is 0 Å². The number of rotatable bonds is 3. The van der Waals surface area contributed by atoms with Crippen LogP contribution in [0.1, 0.15) is 30.3 Å². The molecule has 0 radical (unpaired) electrons. The lowest BCUT2D eigenvalue weighted by Crippen LogP contribution is -2.47. The average molecular weight is 383 g/mol. The quantitative estimate of drug-likeness (QED) is 0.816. The molecule has 148 valence electrons. The number of halogens is 1. The van der Waals surface area contributed by atoms with Crippen LogP contribution in [-0.2, 0) is 0 Å². The summed E-state index contributed by atoms with van der Waals surface area (Å²) in [4.78, 5) is 27.8. The number of nitrogens with zero attached hydrogens (tertiary/aromatic N) is 5. The highest BCUT2D eigenvalue weighted by Crippen LogP contribution is 2.21. The standard InChI is InChI=1S/C21H26FN5O/c1-16-3-2-8-27(14-16)21(28)19-13-20(24-15-23-19)26-11-9-25(10-12-26)18-6-4-17(22)5-7-18/h4-7,13,15-16H,2-3,8-12,14H2,1H3. The van der Waals surface area contributed by atoms with Crippen LogP contribution in [0.25, 0.3) is 0 Å². The second-order valence-electron chi connectivity index (χ2n) is 7.71. The first-order chi connectivity index (χ1) is 13.6. The van der Waals surface area contributed by atoms with Gasteiger partial charge in [-0.05, 0) is 43.0 Å². The van der Waals surface area contributed by atoms with Crippen molar-refractivity contribution in [3.05, 3.63) is 48.2 Å². The Morgan fingerprint density at radius 1 is 1.04 bits per heavy atom.